The second-order valence-corrected chi connectivity index (χ2v) is 7.61. The molecule has 0 bridgehead atoms. The van der Waals surface area contributed by atoms with E-state index in [0.717, 1.165) is 59.2 Å². The van der Waals surface area contributed by atoms with Crippen molar-refractivity contribution in [1.82, 2.24) is 10.2 Å². The molecule has 140 valence electrons. The SMILES string of the molecule is COc1cc(Br)c(C(c2ccc(Cl)cc2)N2CCCNCC2)cc1OC. The Morgan fingerprint density at radius 2 is 1.73 bits per heavy atom. The molecule has 6 heteroatoms. The summed E-state index contributed by atoms with van der Waals surface area (Å²) in [6.45, 7) is 4.04. The Hall–Kier alpha value is -1.27. The number of methoxy groups -OCH3 is 2. The number of rotatable bonds is 5. The van der Waals surface area contributed by atoms with Crippen LogP contribution in [0.1, 0.15) is 23.6 Å². The van der Waals surface area contributed by atoms with E-state index in [-0.39, 0.29) is 6.04 Å². The van der Waals surface area contributed by atoms with Crippen LogP contribution in [-0.2, 0) is 0 Å². The first kappa shape index (κ1) is 19.5. The number of nitrogens with one attached hydrogen (secondary N) is 1. The molecule has 0 aliphatic carbocycles. The molecule has 1 fully saturated rings. The van der Waals surface area contributed by atoms with Crippen LogP contribution in [0.5, 0.6) is 11.5 Å². The molecule has 26 heavy (non-hydrogen) atoms. The van der Waals surface area contributed by atoms with E-state index in [9.17, 15) is 0 Å². The molecule has 0 aromatic heterocycles. The van der Waals surface area contributed by atoms with E-state index in [4.69, 9.17) is 21.1 Å². The first-order valence-corrected chi connectivity index (χ1v) is 9.92. The normalized spacial score (nSPS) is 16.8. The maximum Gasteiger partial charge on any atom is 0.161 e. The number of halogens is 2. The molecule has 2 aromatic rings. The van der Waals surface area contributed by atoms with Crippen LogP contribution in [0.3, 0.4) is 0 Å². The fourth-order valence-electron chi connectivity index (χ4n) is 3.44. The third kappa shape index (κ3) is 4.34. The lowest BCUT2D eigenvalue weighted by Crippen LogP contribution is -2.33. The smallest absolute Gasteiger partial charge is 0.161 e. The Morgan fingerprint density at radius 1 is 1.04 bits per heavy atom. The van der Waals surface area contributed by atoms with Crippen LogP contribution < -0.4 is 14.8 Å². The summed E-state index contributed by atoms with van der Waals surface area (Å²) in [6.07, 6.45) is 1.12. The summed E-state index contributed by atoms with van der Waals surface area (Å²) in [6, 6.07) is 12.3. The summed E-state index contributed by atoms with van der Waals surface area (Å²) in [5.41, 5.74) is 2.37. The Kier molecular flexibility index (Phi) is 6.81. The predicted molar refractivity (Wildman–Crippen MR) is 110 cm³/mol. The Labute approximate surface area is 168 Å². The lowest BCUT2D eigenvalue weighted by Gasteiger charge is -2.32. The summed E-state index contributed by atoms with van der Waals surface area (Å²) >= 11 is 9.87. The molecule has 1 saturated heterocycles. The molecule has 3 rings (SSSR count). The maximum absolute atomic E-state index is 6.12. The van der Waals surface area contributed by atoms with E-state index in [0.29, 0.717) is 0 Å². The summed E-state index contributed by atoms with van der Waals surface area (Å²) in [5, 5.41) is 4.23. The molecule has 1 unspecified atom stereocenters. The van der Waals surface area contributed by atoms with Gasteiger partial charge in [0.2, 0.25) is 0 Å². The monoisotopic (exact) mass is 438 g/mol. The number of hydrogen-bond donors (Lipinski definition) is 1. The van der Waals surface area contributed by atoms with Crippen molar-refractivity contribution in [2.24, 2.45) is 0 Å². The molecule has 0 amide bonds. The fraction of sp³-hybridized carbons (Fsp3) is 0.400. The minimum absolute atomic E-state index is 0.112. The number of ether oxygens (including phenoxy) is 2. The van der Waals surface area contributed by atoms with Gasteiger partial charge in [0.1, 0.15) is 0 Å². The van der Waals surface area contributed by atoms with Gasteiger partial charge in [-0.25, -0.2) is 0 Å². The minimum Gasteiger partial charge on any atom is -0.493 e. The van der Waals surface area contributed by atoms with E-state index >= 15 is 0 Å². The van der Waals surface area contributed by atoms with Crippen molar-refractivity contribution in [3.8, 4) is 11.5 Å². The van der Waals surface area contributed by atoms with Crippen LogP contribution >= 0.6 is 27.5 Å². The zero-order valence-corrected chi connectivity index (χ0v) is 17.4. The van der Waals surface area contributed by atoms with Gasteiger partial charge in [-0.2, -0.15) is 0 Å². The van der Waals surface area contributed by atoms with Crippen LogP contribution in [0.4, 0.5) is 0 Å². The van der Waals surface area contributed by atoms with Gasteiger partial charge in [-0.15, -0.1) is 0 Å². The van der Waals surface area contributed by atoms with Crippen molar-refractivity contribution in [2.45, 2.75) is 12.5 Å². The molecular formula is C20H24BrClN2O2. The van der Waals surface area contributed by atoms with E-state index < -0.39 is 0 Å². The molecule has 1 aliphatic heterocycles. The van der Waals surface area contributed by atoms with Crippen molar-refractivity contribution in [3.63, 3.8) is 0 Å². The van der Waals surface area contributed by atoms with Crippen LogP contribution in [0.15, 0.2) is 40.9 Å². The molecule has 2 aromatic carbocycles. The van der Waals surface area contributed by atoms with Gasteiger partial charge in [0.25, 0.3) is 0 Å². The molecule has 1 N–H and O–H groups in total. The number of hydrogen-bond acceptors (Lipinski definition) is 4. The van der Waals surface area contributed by atoms with E-state index in [1.165, 1.54) is 5.56 Å². The zero-order chi connectivity index (χ0) is 18.5. The van der Waals surface area contributed by atoms with E-state index in [2.05, 4.69) is 44.3 Å². The van der Waals surface area contributed by atoms with Gasteiger partial charge < -0.3 is 14.8 Å². The highest BCUT2D eigenvalue weighted by Crippen LogP contribution is 2.40. The molecule has 0 spiro atoms. The van der Waals surface area contributed by atoms with Gasteiger partial charge in [-0.05, 0) is 48.4 Å². The average Bonchev–Trinajstić information content (AvgIpc) is 2.93. The lowest BCUT2D eigenvalue weighted by molar-refractivity contribution is 0.239. The average molecular weight is 440 g/mol. The van der Waals surface area contributed by atoms with Crippen LogP contribution in [0, 0.1) is 0 Å². The maximum atomic E-state index is 6.12. The highest BCUT2D eigenvalue weighted by Gasteiger charge is 2.26. The number of benzene rings is 2. The topological polar surface area (TPSA) is 33.7 Å². The standard InChI is InChI=1S/C20H24BrClN2O2/c1-25-18-12-16(17(21)13-19(18)26-2)20(14-4-6-15(22)7-5-14)24-10-3-8-23-9-11-24/h4-7,12-13,20,23H,3,8-11H2,1-2H3. The second-order valence-electron chi connectivity index (χ2n) is 6.32. The van der Waals surface area contributed by atoms with Crippen LogP contribution in [-0.4, -0.2) is 45.3 Å². The van der Waals surface area contributed by atoms with Gasteiger partial charge in [-0.1, -0.05) is 39.7 Å². The van der Waals surface area contributed by atoms with Crippen molar-refractivity contribution >= 4 is 27.5 Å². The Balaban J connectivity index is 2.09. The molecule has 1 aliphatic rings. The second kappa shape index (κ2) is 9.09. The minimum atomic E-state index is 0.112. The third-order valence-corrected chi connectivity index (χ3v) is 5.66. The lowest BCUT2D eigenvalue weighted by atomic mass is 9.96. The van der Waals surface area contributed by atoms with Gasteiger partial charge in [0.15, 0.2) is 11.5 Å². The van der Waals surface area contributed by atoms with E-state index in [1.54, 1.807) is 14.2 Å². The summed E-state index contributed by atoms with van der Waals surface area (Å²) in [7, 11) is 3.32. The van der Waals surface area contributed by atoms with Gasteiger partial charge >= 0.3 is 0 Å². The van der Waals surface area contributed by atoms with Crippen LogP contribution in [0.2, 0.25) is 5.02 Å². The van der Waals surface area contributed by atoms with Gasteiger partial charge in [-0.3, -0.25) is 4.90 Å². The first-order valence-electron chi connectivity index (χ1n) is 8.75. The van der Waals surface area contributed by atoms with Crippen LogP contribution in [0.25, 0.3) is 0 Å². The fourth-order valence-corrected chi connectivity index (χ4v) is 4.10. The summed E-state index contributed by atoms with van der Waals surface area (Å²) in [5.74, 6) is 1.45. The molecular weight excluding hydrogens is 416 g/mol. The zero-order valence-electron chi connectivity index (χ0n) is 15.1. The van der Waals surface area contributed by atoms with E-state index in [1.807, 2.05) is 18.2 Å². The molecule has 1 atom stereocenters. The van der Waals surface area contributed by atoms with Gasteiger partial charge in [0.05, 0.1) is 20.3 Å². The first-order chi connectivity index (χ1) is 12.6. The summed E-state index contributed by atoms with van der Waals surface area (Å²) < 4.78 is 12.0. The Morgan fingerprint density at radius 3 is 2.42 bits per heavy atom. The molecule has 0 saturated carbocycles. The predicted octanol–water partition coefficient (Wildman–Crippen LogP) is 4.50. The van der Waals surface area contributed by atoms with Crippen molar-refractivity contribution in [2.75, 3.05) is 40.4 Å². The summed E-state index contributed by atoms with van der Waals surface area (Å²) in [4.78, 5) is 2.51. The van der Waals surface area contributed by atoms with Crippen molar-refractivity contribution < 1.29 is 9.47 Å². The van der Waals surface area contributed by atoms with Gasteiger partial charge in [0, 0.05) is 29.1 Å². The molecule has 1 heterocycles. The molecule has 4 nitrogen and oxygen atoms in total. The Bertz CT molecular complexity index is 731. The van der Waals surface area contributed by atoms with Crippen molar-refractivity contribution in [3.05, 3.63) is 57.0 Å². The highest BCUT2D eigenvalue weighted by molar-refractivity contribution is 9.10. The molecule has 0 radical (unpaired) electrons. The highest BCUT2D eigenvalue weighted by atomic mass is 79.9. The number of nitrogens with zero attached hydrogens (tertiary/aromatic N) is 1. The largest absolute Gasteiger partial charge is 0.493 e. The quantitative estimate of drug-likeness (QED) is 0.743. The van der Waals surface area contributed by atoms with Crippen molar-refractivity contribution in [1.29, 1.82) is 0 Å². The third-order valence-electron chi connectivity index (χ3n) is 4.72.